The first-order valence-corrected chi connectivity index (χ1v) is 4.42. The quantitative estimate of drug-likeness (QED) is 0.662. The van der Waals surface area contributed by atoms with Gasteiger partial charge in [0.25, 0.3) is 0 Å². The summed E-state index contributed by atoms with van der Waals surface area (Å²) < 4.78 is 3.34. The molecule has 2 aromatic rings. The van der Waals surface area contributed by atoms with E-state index in [1.165, 1.54) is 9.09 Å². The van der Waals surface area contributed by atoms with Crippen molar-refractivity contribution in [1.82, 2.24) is 9.55 Å². The molecule has 0 saturated heterocycles. The topological polar surface area (TPSA) is 17.8 Å². The van der Waals surface area contributed by atoms with Crippen LogP contribution >= 0.6 is 22.6 Å². The van der Waals surface area contributed by atoms with Crippen molar-refractivity contribution in [2.75, 3.05) is 0 Å². The Labute approximate surface area is 78.4 Å². The molecule has 0 saturated carbocycles. The van der Waals surface area contributed by atoms with Crippen LogP contribution in [0.1, 0.15) is 0 Å². The van der Waals surface area contributed by atoms with E-state index in [1.54, 1.807) is 0 Å². The fourth-order valence-corrected chi connectivity index (χ4v) is 1.99. The third kappa shape index (κ3) is 1.03. The zero-order chi connectivity index (χ0) is 7.84. The van der Waals surface area contributed by atoms with E-state index in [1.807, 2.05) is 31.6 Å². The van der Waals surface area contributed by atoms with Gasteiger partial charge in [-0.1, -0.05) is 0 Å². The number of aromatic nitrogens is 2. The molecule has 0 N–H and O–H groups in total. The normalized spacial score (nSPS) is 10.7. The minimum atomic E-state index is 1.07. The fraction of sp³-hybridized carbons (Fsp3) is 0.125. The lowest BCUT2D eigenvalue weighted by Gasteiger charge is -1.96. The molecular formula is C8H7IN2. The third-order valence-corrected chi connectivity index (χ3v) is 2.58. The summed E-state index contributed by atoms with van der Waals surface area (Å²) in [4.78, 5) is 4.24. The lowest BCUT2D eigenvalue weighted by molar-refractivity contribution is 0.965. The van der Waals surface area contributed by atoms with E-state index in [9.17, 15) is 0 Å². The molecule has 2 aromatic heterocycles. The summed E-state index contributed by atoms with van der Waals surface area (Å²) in [5, 5.41) is 0. The lowest BCUT2D eigenvalue weighted by atomic mass is 10.4. The largest absolute Gasteiger partial charge is 0.348 e. The summed E-state index contributed by atoms with van der Waals surface area (Å²) in [5.41, 5.74) is 2.28. The number of rotatable bonds is 0. The van der Waals surface area contributed by atoms with Gasteiger partial charge in [-0.25, -0.2) is 0 Å². The van der Waals surface area contributed by atoms with Gasteiger partial charge in [0.2, 0.25) is 0 Å². The van der Waals surface area contributed by atoms with E-state index in [-0.39, 0.29) is 0 Å². The van der Waals surface area contributed by atoms with Gasteiger partial charge in [0.15, 0.2) is 0 Å². The van der Waals surface area contributed by atoms with Crippen LogP contribution in [0.25, 0.3) is 11.0 Å². The van der Waals surface area contributed by atoms with Crippen molar-refractivity contribution in [3.8, 4) is 0 Å². The van der Waals surface area contributed by atoms with Crippen LogP contribution in [0.4, 0.5) is 0 Å². The van der Waals surface area contributed by atoms with E-state index >= 15 is 0 Å². The molecule has 0 aliphatic rings. The Morgan fingerprint density at radius 1 is 1.45 bits per heavy atom. The van der Waals surface area contributed by atoms with Crippen LogP contribution in [0.5, 0.6) is 0 Å². The van der Waals surface area contributed by atoms with Gasteiger partial charge in [0, 0.05) is 23.0 Å². The molecule has 56 valence electrons. The molecule has 2 rings (SSSR count). The molecule has 0 aromatic carbocycles. The molecule has 0 unspecified atom stereocenters. The van der Waals surface area contributed by atoms with Gasteiger partial charge < -0.3 is 4.57 Å². The van der Waals surface area contributed by atoms with Gasteiger partial charge in [0.05, 0.1) is 11.0 Å². The molecular weight excluding hydrogens is 251 g/mol. The molecule has 0 aliphatic carbocycles. The number of hydrogen-bond donors (Lipinski definition) is 0. The lowest BCUT2D eigenvalue weighted by Crippen LogP contribution is -1.87. The summed E-state index contributed by atoms with van der Waals surface area (Å²) in [7, 11) is 2.03. The highest BCUT2D eigenvalue weighted by Crippen LogP contribution is 2.17. The molecule has 0 amide bonds. The van der Waals surface area contributed by atoms with Crippen molar-refractivity contribution in [3.05, 3.63) is 28.1 Å². The van der Waals surface area contributed by atoms with Crippen molar-refractivity contribution >= 4 is 33.6 Å². The molecule has 2 nitrogen and oxygen atoms in total. The summed E-state index contributed by atoms with van der Waals surface area (Å²) in [6.45, 7) is 0. The number of nitrogens with zero attached hydrogens (tertiary/aromatic N) is 2. The second-order valence-electron chi connectivity index (χ2n) is 2.45. The Morgan fingerprint density at radius 3 is 3.00 bits per heavy atom. The first-order chi connectivity index (χ1) is 5.29. The Hall–Kier alpha value is -0.580. The zero-order valence-electron chi connectivity index (χ0n) is 6.08. The average Bonchev–Trinajstić information content (AvgIpc) is 2.34. The average molecular weight is 258 g/mol. The standard InChI is InChI=1S/C8H7IN2/c1-11-5-3-7-8(11)6(9)2-4-10-7/h2-5H,1H3. The van der Waals surface area contributed by atoms with Crippen LogP contribution in [0, 0.1) is 3.57 Å². The maximum Gasteiger partial charge on any atom is 0.0891 e. The van der Waals surface area contributed by atoms with Gasteiger partial charge >= 0.3 is 0 Å². The molecule has 0 atom stereocenters. The van der Waals surface area contributed by atoms with Gasteiger partial charge in [-0.2, -0.15) is 0 Å². The summed E-state index contributed by atoms with van der Waals surface area (Å²) in [5.74, 6) is 0. The van der Waals surface area contributed by atoms with Gasteiger partial charge in [-0.15, -0.1) is 0 Å². The highest BCUT2D eigenvalue weighted by molar-refractivity contribution is 14.1. The summed E-state index contributed by atoms with van der Waals surface area (Å²) in [6, 6.07) is 4.04. The molecule has 0 aliphatic heterocycles. The van der Waals surface area contributed by atoms with E-state index < -0.39 is 0 Å². The second kappa shape index (κ2) is 2.48. The maximum atomic E-state index is 4.24. The van der Waals surface area contributed by atoms with Crippen molar-refractivity contribution in [1.29, 1.82) is 0 Å². The Balaban J connectivity index is 2.96. The summed E-state index contributed by atoms with van der Waals surface area (Å²) in [6.07, 6.45) is 3.87. The molecule has 3 heteroatoms. The third-order valence-electron chi connectivity index (χ3n) is 1.71. The second-order valence-corrected chi connectivity index (χ2v) is 3.62. The van der Waals surface area contributed by atoms with Gasteiger partial charge in [-0.3, -0.25) is 4.98 Å². The molecule has 2 heterocycles. The van der Waals surface area contributed by atoms with Crippen molar-refractivity contribution in [3.63, 3.8) is 0 Å². The van der Waals surface area contributed by atoms with E-state index in [4.69, 9.17) is 0 Å². The molecule has 0 fully saturated rings. The minimum absolute atomic E-state index is 1.07. The van der Waals surface area contributed by atoms with E-state index in [2.05, 4.69) is 32.1 Å². The van der Waals surface area contributed by atoms with E-state index in [0.29, 0.717) is 0 Å². The van der Waals surface area contributed by atoms with Crippen LogP contribution in [0.2, 0.25) is 0 Å². The smallest absolute Gasteiger partial charge is 0.0891 e. The predicted octanol–water partition coefficient (Wildman–Crippen LogP) is 2.18. The SMILES string of the molecule is Cn1ccc2nccc(I)c21. The number of halogens is 1. The molecule has 0 radical (unpaired) electrons. The number of aryl methyl sites for hydroxylation is 1. The molecule has 0 bridgehead atoms. The highest BCUT2D eigenvalue weighted by Gasteiger charge is 2.00. The molecule has 11 heavy (non-hydrogen) atoms. The van der Waals surface area contributed by atoms with E-state index in [0.717, 1.165) is 5.52 Å². The number of hydrogen-bond acceptors (Lipinski definition) is 1. The number of pyridine rings is 1. The fourth-order valence-electron chi connectivity index (χ4n) is 1.17. The summed E-state index contributed by atoms with van der Waals surface area (Å²) >= 11 is 2.32. The van der Waals surface area contributed by atoms with Crippen molar-refractivity contribution in [2.24, 2.45) is 7.05 Å². The van der Waals surface area contributed by atoms with Gasteiger partial charge in [0.1, 0.15) is 0 Å². The number of fused-ring (bicyclic) bond motifs is 1. The van der Waals surface area contributed by atoms with Crippen LogP contribution in [-0.4, -0.2) is 9.55 Å². The Morgan fingerprint density at radius 2 is 2.27 bits per heavy atom. The maximum absolute atomic E-state index is 4.24. The van der Waals surface area contributed by atoms with Crippen molar-refractivity contribution in [2.45, 2.75) is 0 Å². The van der Waals surface area contributed by atoms with Crippen LogP contribution < -0.4 is 0 Å². The highest BCUT2D eigenvalue weighted by atomic mass is 127. The predicted molar refractivity (Wildman–Crippen MR) is 53.4 cm³/mol. The van der Waals surface area contributed by atoms with Crippen LogP contribution in [0.15, 0.2) is 24.5 Å². The Kier molecular flexibility index (Phi) is 1.60. The van der Waals surface area contributed by atoms with Crippen LogP contribution in [-0.2, 0) is 7.05 Å². The minimum Gasteiger partial charge on any atom is -0.348 e. The van der Waals surface area contributed by atoms with Crippen molar-refractivity contribution < 1.29 is 0 Å². The van der Waals surface area contributed by atoms with Crippen LogP contribution in [0.3, 0.4) is 0 Å². The monoisotopic (exact) mass is 258 g/mol. The Bertz CT molecular complexity index is 392. The zero-order valence-corrected chi connectivity index (χ0v) is 8.24. The first kappa shape index (κ1) is 7.09. The first-order valence-electron chi connectivity index (χ1n) is 3.34. The van der Waals surface area contributed by atoms with Gasteiger partial charge in [-0.05, 0) is 34.7 Å². The molecule has 0 spiro atoms.